The van der Waals surface area contributed by atoms with Crippen molar-refractivity contribution in [3.8, 4) is 0 Å². The fraction of sp³-hybridized carbons (Fsp3) is 0. The average Bonchev–Trinajstić information content (AvgIpc) is 2.43. The van der Waals surface area contributed by atoms with Crippen molar-refractivity contribution in [2.45, 2.75) is 10.1 Å². The Morgan fingerprint density at radius 1 is 0.947 bits per heavy atom. The summed E-state index contributed by atoms with van der Waals surface area (Å²) >= 11 is 13.2. The van der Waals surface area contributed by atoms with Gasteiger partial charge in [0.2, 0.25) is 5.28 Å². The normalized spacial score (nSPS) is 10.8. The third kappa shape index (κ3) is 2.63. The fourth-order valence-electron chi connectivity index (χ4n) is 1.56. The summed E-state index contributed by atoms with van der Waals surface area (Å²) in [6, 6.07) is 7.74. The van der Waals surface area contributed by atoms with E-state index in [9.17, 15) is 0 Å². The monoisotopic (exact) mass is 308 g/mol. The zero-order chi connectivity index (χ0) is 13.2. The van der Waals surface area contributed by atoms with Gasteiger partial charge in [-0.3, -0.25) is 0 Å². The van der Waals surface area contributed by atoms with E-state index < -0.39 is 0 Å². The van der Waals surface area contributed by atoms with Crippen LogP contribution in [0.2, 0.25) is 10.3 Å². The van der Waals surface area contributed by atoms with Gasteiger partial charge in [-0.15, -0.1) is 0 Å². The smallest absolute Gasteiger partial charge is 0.223 e. The molecule has 19 heavy (non-hydrogen) atoms. The van der Waals surface area contributed by atoms with Gasteiger partial charge in [0.1, 0.15) is 16.4 Å². The minimum absolute atomic E-state index is 0.158. The molecule has 1 aromatic carbocycles. The van der Waals surface area contributed by atoms with Crippen molar-refractivity contribution >= 4 is 45.9 Å². The Kier molecular flexibility index (Phi) is 3.50. The molecular formula is C12H6Cl2N4S. The van der Waals surface area contributed by atoms with Crippen molar-refractivity contribution in [2.24, 2.45) is 0 Å². The Labute approximate surface area is 123 Å². The van der Waals surface area contributed by atoms with Crippen LogP contribution in [0.5, 0.6) is 0 Å². The van der Waals surface area contributed by atoms with E-state index >= 15 is 0 Å². The topological polar surface area (TPSA) is 51.6 Å². The number of hydrogen-bond acceptors (Lipinski definition) is 5. The molecule has 0 saturated heterocycles. The molecule has 3 rings (SSSR count). The van der Waals surface area contributed by atoms with E-state index in [-0.39, 0.29) is 5.28 Å². The van der Waals surface area contributed by atoms with Crippen molar-refractivity contribution in [3.63, 3.8) is 0 Å². The summed E-state index contributed by atoms with van der Waals surface area (Å²) in [7, 11) is 0. The van der Waals surface area contributed by atoms with Crippen LogP contribution in [0.4, 0.5) is 0 Å². The number of fused-ring (bicyclic) bond motifs is 1. The molecule has 94 valence electrons. The Balaban J connectivity index is 2.08. The third-order valence-electron chi connectivity index (χ3n) is 2.38. The van der Waals surface area contributed by atoms with Crippen LogP contribution in [0.3, 0.4) is 0 Å². The molecule has 0 radical (unpaired) electrons. The molecule has 4 nitrogen and oxygen atoms in total. The van der Waals surface area contributed by atoms with E-state index in [0.29, 0.717) is 10.0 Å². The highest BCUT2D eigenvalue weighted by molar-refractivity contribution is 7.99. The number of benzene rings is 1. The first-order chi connectivity index (χ1) is 9.24. The first-order valence-corrected chi connectivity index (χ1v) is 6.87. The van der Waals surface area contributed by atoms with E-state index in [1.807, 2.05) is 24.3 Å². The molecule has 2 heterocycles. The molecule has 2 aromatic heterocycles. The molecular weight excluding hydrogens is 303 g/mol. The maximum Gasteiger partial charge on any atom is 0.223 e. The van der Waals surface area contributed by atoms with Crippen molar-refractivity contribution in [1.82, 2.24) is 19.9 Å². The number of rotatable bonds is 2. The second-order valence-corrected chi connectivity index (χ2v) is 5.31. The molecule has 0 bridgehead atoms. The van der Waals surface area contributed by atoms with Crippen molar-refractivity contribution in [2.75, 3.05) is 0 Å². The Morgan fingerprint density at radius 3 is 2.68 bits per heavy atom. The summed E-state index contributed by atoms with van der Waals surface area (Å²) in [6.07, 6.45) is 2.99. The Morgan fingerprint density at radius 2 is 1.79 bits per heavy atom. The van der Waals surface area contributed by atoms with Crippen LogP contribution in [-0.4, -0.2) is 19.9 Å². The standard InChI is InChI=1S/C12H6Cl2N4S/c13-8-5-15-12(14)18-11(8)19-10-7-3-1-2-4-9(7)16-6-17-10/h1-6H. The number of hydrogen-bond donors (Lipinski definition) is 0. The van der Waals surface area contributed by atoms with Gasteiger partial charge in [0.25, 0.3) is 0 Å². The van der Waals surface area contributed by atoms with Gasteiger partial charge in [0, 0.05) is 5.39 Å². The highest BCUT2D eigenvalue weighted by Gasteiger charge is 2.10. The van der Waals surface area contributed by atoms with E-state index in [0.717, 1.165) is 15.9 Å². The van der Waals surface area contributed by atoms with Crippen LogP contribution in [-0.2, 0) is 0 Å². The fourth-order valence-corrected chi connectivity index (χ4v) is 2.79. The lowest BCUT2D eigenvalue weighted by Crippen LogP contribution is -1.90. The lowest BCUT2D eigenvalue weighted by molar-refractivity contribution is 1.04. The highest BCUT2D eigenvalue weighted by atomic mass is 35.5. The van der Waals surface area contributed by atoms with Crippen LogP contribution in [0.25, 0.3) is 10.9 Å². The number of halogens is 2. The predicted molar refractivity (Wildman–Crippen MR) is 75.7 cm³/mol. The van der Waals surface area contributed by atoms with Crippen molar-refractivity contribution in [1.29, 1.82) is 0 Å². The minimum atomic E-state index is 0.158. The van der Waals surface area contributed by atoms with E-state index in [1.165, 1.54) is 24.3 Å². The molecule has 0 aliphatic rings. The first kappa shape index (κ1) is 12.6. The molecule has 0 fully saturated rings. The summed E-state index contributed by atoms with van der Waals surface area (Å²) < 4.78 is 0. The van der Waals surface area contributed by atoms with Crippen molar-refractivity contribution in [3.05, 3.63) is 47.1 Å². The van der Waals surface area contributed by atoms with Crippen LogP contribution in [0.15, 0.2) is 46.8 Å². The van der Waals surface area contributed by atoms with Crippen LogP contribution in [0.1, 0.15) is 0 Å². The molecule has 0 saturated carbocycles. The zero-order valence-corrected chi connectivity index (χ0v) is 11.7. The molecule has 3 aromatic rings. The van der Waals surface area contributed by atoms with Gasteiger partial charge in [0.15, 0.2) is 0 Å². The third-order valence-corrected chi connectivity index (χ3v) is 3.98. The van der Waals surface area contributed by atoms with Gasteiger partial charge in [-0.05, 0) is 29.4 Å². The van der Waals surface area contributed by atoms with Gasteiger partial charge < -0.3 is 0 Å². The summed E-state index contributed by atoms with van der Waals surface area (Å²) in [5.74, 6) is 0. The summed E-state index contributed by atoms with van der Waals surface area (Å²) in [4.78, 5) is 16.4. The molecule has 0 N–H and O–H groups in total. The lowest BCUT2D eigenvalue weighted by Gasteiger charge is -2.05. The van der Waals surface area contributed by atoms with E-state index in [2.05, 4.69) is 19.9 Å². The quantitative estimate of drug-likeness (QED) is 0.531. The largest absolute Gasteiger partial charge is 0.236 e. The number of para-hydroxylation sites is 1. The highest BCUT2D eigenvalue weighted by Crippen LogP contribution is 2.33. The maximum absolute atomic E-state index is 6.05. The van der Waals surface area contributed by atoms with E-state index in [1.54, 1.807) is 0 Å². The SMILES string of the molecule is Clc1ncc(Cl)c(Sc2ncnc3ccccc23)n1. The average molecular weight is 309 g/mol. The summed E-state index contributed by atoms with van der Waals surface area (Å²) in [5, 5.41) is 2.90. The summed E-state index contributed by atoms with van der Waals surface area (Å²) in [6.45, 7) is 0. The van der Waals surface area contributed by atoms with Crippen molar-refractivity contribution < 1.29 is 0 Å². The Hall–Kier alpha value is -1.43. The minimum Gasteiger partial charge on any atom is -0.236 e. The lowest BCUT2D eigenvalue weighted by atomic mass is 10.2. The molecule has 0 amide bonds. The molecule has 0 atom stereocenters. The number of aromatic nitrogens is 4. The van der Waals surface area contributed by atoms with Gasteiger partial charge in [0.05, 0.1) is 16.7 Å². The van der Waals surface area contributed by atoms with Gasteiger partial charge in [-0.25, -0.2) is 19.9 Å². The van der Waals surface area contributed by atoms with Crippen LogP contribution >= 0.6 is 35.0 Å². The maximum atomic E-state index is 6.05. The molecule has 0 aliphatic carbocycles. The van der Waals surface area contributed by atoms with E-state index in [4.69, 9.17) is 23.2 Å². The van der Waals surface area contributed by atoms with Crippen LogP contribution in [0, 0.1) is 0 Å². The molecule has 0 aliphatic heterocycles. The first-order valence-electron chi connectivity index (χ1n) is 5.29. The van der Waals surface area contributed by atoms with Gasteiger partial charge in [-0.1, -0.05) is 29.8 Å². The second kappa shape index (κ2) is 5.28. The Bertz CT molecular complexity index is 745. The predicted octanol–water partition coefficient (Wildman–Crippen LogP) is 3.88. The number of nitrogens with zero attached hydrogens (tertiary/aromatic N) is 4. The molecule has 7 heteroatoms. The van der Waals surface area contributed by atoms with Gasteiger partial charge in [-0.2, -0.15) is 0 Å². The molecule has 0 spiro atoms. The second-order valence-electron chi connectivity index (χ2n) is 3.59. The van der Waals surface area contributed by atoms with Crippen LogP contribution < -0.4 is 0 Å². The zero-order valence-electron chi connectivity index (χ0n) is 9.42. The van der Waals surface area contributed by atoms with Gasteiger partial charge >= 0.3 is 0 Å². The molecule has 0 unspecified atom stereocenters. The summed E-state index contributed by atoms with van der Waals surface area (Å²) in [5.41, 5.74) is 0.872.